The van der Waals surface area contributed by atoms with E-state index in [0.29, 0.717) is 0 Å². The molecule has 1 aliphatic carbocycles. The fourth-order valence-corrected chi connectivity index (χ4v) is 3.46. The highest BCUT2D eigenvalue weighted by molar-refractivity contribution is 5.85. The Hall–Kier alpha value is -2.61. The summed E-state index contributed by atoms with van der Waals surface area (Å²) in [5.41, 5.74) is 0.846. The van der Waals surface area contributed by atoms with Crippen LogP contribution in [0.3, 0.4) is 0 Å². The van der Waals surface area contributed by atoms with Crippen molar-refractivity contribution >= 4 is 18.0 Å². The molecule has 2 rings (SSSR count). The lowest BCUT2D eigenvalue weighted by atomic mass is 9.84. The minimum Gasteiger partial charge on any atom is -0.467 e. The molecule has 1 aromatic carbocycles. The van der Waals surface area contributed by atoms with Gasteiger partial charge in [-0.05, 0) is 24.3 Å². The molecule has 0 spiro atoms. The van der Waals surface area contributed by atoms with E-state index in [1.54, 1.807) is 0 Å². The van der Waals surface area contributed by atoms with Crippen molar-refractivity contribution < 1.29 is 29.0 Å². The normalized spacial score (nSPS) is 16.3. The second-order valence-corrected chi connectivity index (χ2v) is 7.27. The predicted molar refractivity (Wildman–Crippen MR) is 106 cm³/mol. The van der Waals surface area contributed by atoms with Crippen LogP contribution in [-0.2, 0) is 25.7 Å². The molecule has 0 aromatic heterocycles. The van der Waals surface area contributed by atoms with Gasteiger partial charge < -0.3 is 25.2 Å². The van der Waals surface area contributed by atoms with Crippen LogP contribution < -0.4 is 10.6 Å². The quantitative estimate of drug-likeness (QED) is 0.540. The van der Waals surface area contributed by atoms with Crippen LogP contribution in [0.5, 0.6) is 0 Å². The van der Waals surface area contributed by atoms with Gasteiger partial charge in [0.05, 0.1) is 19.6 Å². The second kappa shape index (κ2) is 12.1. The highest BCUT2D eigenvalue weighted by Crippen LogP contribution is 2.27. The number of rotatable bonds is 9. The second-order valence-electron chi connectivity index (χ2n) is 7.27. The largest absolute Gasteiger partial charge is 0.467 e. The van der Waals surface area contributed by atoms with Crippen molar-refractivity contribution in [2.45, 2.75) is 57.3 Å². The number of carbonyl (C=O) groups is 3. The molecule has 160 valence electrons. The molecule has 0 bridgehead atoms. The summed E-state index contributed by atoms with van der Waals surface area (Å²) in [6.45, 7) is -0.0151. The number of methoxy groups -OCH3 is 1. The van der Waals surface area contributed by atoms with Gasteiger partial charge >= 0.3 is 12.1 Å². The summed E-state index contributed by atoms with van der Waals surface area (Å²) in [5, 5.41) is 15.1. The van der Waals surface area contributed by atoms with Crippen molar-refractivity contribution in [1.29, 1.82) is 0 Å². The molecule has 0 heterocycles. The van der Waals surface area contributed by atoms with Gasteiger partial charge in [0.25, 0.3) is 0 Å². The maximum absolute atomic E-state index is 12.3. The van der Waals surface area contributed by atoms with Crippen molar-refractivity contribution in [3.63, 3.8) is 0 Å². The van der Waals surface area contributed by atoms with Crippen molar-refractivity contribution in [2.24, 2.45) is 5.92 Å². The molecule has 2 atom stereocenters. The summed E-state index contributed by atoms with van der Waals surface area (Å²) in [6.07, 6.45) is 2.88. The van der Waals surface area contributed by atoms with Crippen molar-refractivity contribution in [3.8, 4) is 0 Å². The molecule has 0 saturated heterocycles. The Balaban J connectivity index is 1.72. The summed E-state index contributed by atoms with van der Waals surface area (Å²) in [5.74, 6) is -0.885. The average molecular weight is 406 g/mol. The van der Waals surface area contributed by atoms with Crippen LogP contribution in [0.15, 0.2) is 30.3 Å². The smallest absolute Gasteiger partial charge is 0.407 e. The van der Waals surface area contributed by atoms with Crippen LogP contribution >= 0.6 is 0 Å². The number of benzene rings is 1. The molecule has 3 N–H and O–H groups in total. The van der Waals surface area contributed by atoms with Gasteiger partial charge in [0.15, 0.2) is 0 Å². The van der Waals surface area contributed by atoms with Crippen LogP contribution in [0, 0.1) is 5.92 Å². The van der Waals surface area contributed by atoms with Crippen LogP contribution in [0.4, 0.5) is 4.79 Å². The van der Waals surface area contributed by atoms with Crippen molar-refractivity contribution in [2.75, 3.05) is 13.7 Å². The minimum atomic E-state index is -1.09. The monoisotopic (exact) mass is 406 g/mol. The molecular formula is C21H30N2O6. The number of carbonyl (C=O) groups excluding carboxylic acids is 3. The fraction of sp³-hybridized carbons (Fsp3) is 0.571. The van der Waals surface area contributed by atoms with Crippen LogP contribution in [0.2, 0.25) is 0 Å². The van der Waals surface area contributed by atoms with E-state index in [4.69, 9.17) is 9.47 Å². The number of ether oxygens (including phenoxy) is 2. The number of esters is 1. The number of nitrogens with one attached hydrogen (secondary N) is 2. The molecule has 1 aromatic rings. The maximum Gasteiger partial charge on any atom is 0.407 e. The molecule has 1 fully saturated rings. The van der Waals surface area contributed by atoms with Gasteiger partial charge in [0.2, 0.25) is 5.91 Å². The topological polar surface area (TPSA) is 114 Å². The van der Waals surface area contributed by atoms with E-state index >= 15 is 0 Å². The Morgan fingerprint density at radius 3 is 2.48 bits per heavy atom. The number of hydrogen-bond donors (Lipinski definition) is 3. The van der Waals surface area contributed by atoms with Gasteiger partial charge in [0, 0.05) is 6.54 Å². The van der Waals surface area contributed by atoms with Crippen LogP contribution in [0.1, 0.15) is 44.1 Å². The highest BCUT2D eigenvalue weighted by Gasteiger charge is 2.32. The number of alkyl carbamates (subject to hydrolysis) is 1. The predicted octanol–water partition coefficient (Wildman–Crippen LogP) is 1.90. The fourth-order valence-electron chi connectivity index (χ4n) is 3.46. The lowest BCUT2D eigenvalue weighted by molar-refractivity contribution is -0.147. The Labute approximate surface area is 171 Å². The maximum atomic E-state index is 12.3. The molecule has 2 amide bonds. The van der Waals surface area contributed by atoms with Gasteiger partial charge in [-0.2, -0.15) is 0 Å². The van der Waals surface area contributed by atoms with Crippen LogP contribution in [-0.4, -0.2) is 48.9 Å². The standard InChI is InChI=1S/C21H30N2O6/c1-28-20(26)19(16-10-6-3-7-11-16)23-18(25)12-17(24)13-22-21(27)29-14-15-8-4-2-5-9-15/h2,4-5,8-9,16-17,19,24H,3,6-7,10-14H2,1H3,(H,22,27)(H,23,25)/t17-,19-/m1/s1. The van der Waals surface area contributed by atoms with E-state index < -0.39 is 30.1 Å². The van der Waals surface area contributed by atoms with Crippen LogP contribution in [0.25, 0.3) is 0 Å². The molecule has 0 aliphatic heterocycles. The van der Waals surface area contributed by atoms with Crippen molar-refractivity contribution in [3.05, 3.63) is 35.9 Å². The lowest BCUT2D eigenvalue weighted by Crippen LogP contribution is -2.48. The summed E-state index contributed by atoms with van der Waals surface area (Å²) in [4.78, 5) is 36.0. The molecule has 29 heavy (non-hydrogen) atoms. The number of hydrogen-bond acceptors (Lipinski definition) is 6. The third-order valence-corrected chi connectivity index (χ3v) is 5.01. The van der Waals surface area contributed by atoms with E-state index in [1.807, 2.05) is 30.3 Å². The zero-order valence-corrected chi connectivity index (χ0v) is 16.8. The molecule has 0 unspecified atom stereocenters. The highest BCUT2D eigenvalue weighted by atomic mass is 16.5. The third-order valence-electron chi connectivity index (χ3n) is 5.01. The Bertz CT molecular complexity index is 660. The first-order valence-corrected chi connectivity index (χ1v) is 9.99. The van der Waals surface area contributed by atoms with Crippen molar-refractivity contribution in [1.82, 2.24) is 10.6 Å². The van der Waals surface area contributed by atoms with E-state index in [2.05, 4.69) is 10.6 Å². The molecule has 1 aliphatic rings. The molecule has 8 heteroatoms. The lowest BCUT2D eigenvalue weighted by Gasteiger charge is -2.29. The zero-order chi connectivity index (χ0) is 21.1. The minimum absolute atomic E-state index is 0.0448. The first kappa shape index (κ1) is 22.7. The molecule has 8 nitrogen and oxygen atoms in total. The summed E-state index contributed by atoms with van der Waals surface area (Å²) in [6, 6.07) is 8.50. The van der Waals surface area contributed by atoms with E-state index in [-0.39, 0.29) is 25.5 Å². The van der Waals surface area contributed by atoms with E-state index in [1.165, 1.54) is 7.11 Å². The molecule has 0 radical (unpaired) electrons. The van der Waals surface area contributed by atoms with Gasteiger partial charge in [-0.25, -0.2) is 9.59 Å². The van der Waals surface area contributed by atoms with E-state index in [9.17, 15) is 19.5 Å². The summed E-state index contributed by atoms with van der Waals surface area (Å²) >= 11 is 0. The first-order valence-electron chi connectivity index (χ1n) is 9.99. The zero-order valence-electron chi connectivity index (χ0n) is 16.8. The average Bonchev–Trinajstić information content (AvgIpc) is 2.75. The number of aliphatic hydroxyl groups excluding tert-OH is 1. The number of aliphatic hydroxyl groups is 1. The van der Waals surface area contributed by atoms with Gasteiger partial charge in [-0.1, -0.05) is 49.6 Å². The van der Waals surface area contributed by atoms with E-state index in [0.717, 1.165) is 37.7 Å². The van der Waals surface area contributed by atoms with Gasteiger partial charge in [0.1, 0.15) is 12.6 Å². The first-order chi connectivity index (χ1) is 14.0. The summed E-state index contributed by atoms with van der Waals surface area (Å²) in [7, 11) is 1.30. The molecule has 1 saturated carbocycles. The Morgan fingerprint density at radius 2 is 1.83 bits per heavy atom. The SMILES string of the molecule is COC(=O)[C@H](NC(=O)C[C@@H](O)CNC(=O)OCc1ccccc1)C1CCCCC1. The molecular weight excluding hydrogens is 376 g/mol. The Kier molecular flexibility index (Phi) is 9.43. The number of amides is 2. The van der Waals surface area contributed by atoms with Gasteiger partial charge in [-0.15, -0.1) is 0 Å². The Morgan fingerprint density at radius 1 is 1.14 bits per heavy atom. The third kappa shape index (κ3) is 8.11. The summed E-state index contributed by atoms with van der Waals surface area (Å²) < 4.78 is 9.87. The van der Waals surface area contributed by atoms with Gasteiger partial charge in [-0.3, -0.25) is 4.79 Å².